The Morgan fingerprint density at radius 2 is 1.92 bits per heavy atom. The van der Waals surface area contributed by atoms with E-state index in [0.717, 1.165) is 4.57 Å². The molecule has 0 bridgehead atoms. The van der Waals surface area contributed by atoms with Gasteiger partial charge in [-0.25, -0.2) is 9.78 Å². The summed E-state index contributed by atoms with van der Waals surface area (Å²) in [7, 11) is 1.41. The minimum Gasteiger partial charge on any atom is -0.388 e. The second-order valence-electron chi connectivity index (χ2n) is 5.27. The summed E-state index contributed by atoms with van der Waals surface area (Å²) in [4.78, 5) is 44.3. The van der Waals surface area contributed by atoms with Gasteiger partial charge < -0.3 is 10.1 Å². The molecule has 24 heavy (non-hydrogen) atoms. The zero-order valence-corrected chi connectivity index (χ0v) is 14.1. The van der Waals surface area contributed by atoms with Crippen LogP contribution in [0, 0.1) is 0 Å². The van der Waals surface area contributed by atoms with Crippen LogP contribution in [0.25, 0.3) is 11.2 Å². The van der Waals surface area contributed by atoms with Crippen LogP contribution in [-0.2, 0) is 13.5 Å². The Labute approximate surface area is 142 Å². The number of halogens is 1. The molecule has 1 aromatic carbocycles. The van der Waals surface area contributed by atoms with E-state index in [1.165, 1.54) is 7.05 Å². The minimum atomic E-state index is -0.974. The van der Waals surface area contributed by atoms with Crippen LogP contribution in [0.4, 0.5) is 0 Å². The number of aryl methyl sites for hydroxylation is 1. The number of fused-ring (bicyclic) bond motifs is 1. The lowest BCUT2D eigenvalue weighted by Crippen LogP contribution is -2.32. The summed E-state index contributed by atoms with van der Waals surface area (Å²) in [5, 5.41) is 10.4. The summed E-state index contributed by atoms with van der Waals surface area (Å²) >= 11 is 3.34. The molecule has 1 atom stereocenters. The second kappa shape index (κ2) is 6.17. The third-order valence-electron chi connectivity index (χ3n) is 3.69. The average Bonchev–Trinajstić information content (AvgIpc) is 2.54. The van der Waals surface area contributed by atoms with Gasteiger partial charge in [-0.05, 0) is 11.6 Å². The number of rotatable bonds is 3. The highest BCUT2D eigenvalue weighted by Gasteiger charge is 2.17. The number of benzene rings is 1. The highest BCUT2D eigenvalue weighted by molar-refractivity contribution is 9.10. The largest absolute Gasteiger partial charge is 0.388 e. The van der Waals surface area contributed by atoms with E-state index in [-0.39, 0.29) is 23.3 Å². The molecule has 0 amide bonds. The molecule has 0 aliphatic carbocycles. The summed E-state index contributed by atoms with van der Waals surface area (Å²) in [6, 6.07) is 7.07. The van der Waals surface area contributed by atoms with Crippen LogP contribution < -0.4 is 16.8 Å². The van der Waals surface area contributed by atoms with E-state index in [0.29, 0.717) is 10.0 Å². The lowest BCUT2D eigenvalue weighted by Gasteiger charge is -2.12. The molecule has 2 heterocycles. The average molecular weight is 393 g/mol. The molecule has 0 saturated carbocycles. The van der Waals surface area contributed by atoms with Gasteiger partial charge in [0.2, 0.25) is 0 Å². The number of aromatic nitrogens is 4. The number of hydrogen-bond acceptors (Lipinski definition) is 5. The predicted octanol–water partition coefficient (Wildman–Crippen LogP) is 0.349. The van der Waals surface area contributed by atoms with Gasteiger partial charge in [-0.1, -0.05) is 34.1 Å². The second-order valence-corrected chi connectivity index (χ2v) is 6.12. The van der Waals surface area contributed by atoms with Crippen molar-refractivity contribution >= 4 is 27.1 Å². The number of H-pyrrole nitrogens is 2. The van der Waals surface area contributed by atoms with Gasteiger partial charge in [0, 0.05) is 17.9 Å². The zero-order valence-electron chi connectivity index (χ0n) is 12.5. The van der Waals surface area contributed by atoms with Crippen LogP contribution in [0.3, 0.4) is 0 Å². The Hall–Kier alpha value is -2.52. The number of hydrogen-bond donors (Lipinski definition) is 3. The molecule has 0 aliphatic heterocycles. The molecule has 0 spiro atoms. The lowest BCUT2D eigenvalue weighted by atomic mass is 10.1. The van der Waals surface area contributed by atoms with Crippen molar-refractivity contribution in [3.05, 3.63) is 71.2 Å². The molecule has 3 N–H and O–H groups in total. The van der Waals surface area contributed by atoms with Crippen molar-refractivity contribution in [1.82, 2.24) is 19.5 Å². The molecule has 8 nitrogen and oxygen atoms in total. The van der Waals surface area contributed by atoms with Gasteiger partial charge in [0.05, 0.1) is 6.10 Å². The quantitative estimate of drug-likeness (QED) is 0.593. The predicted molar refractivity (Wildman–Crippen MR) is 91.0 cm³/mol. The van der Waals surface area contributed by atoms with Gasteiger partial charge in [0.25, 0.3) is 11.1 Å². The maximum absolute atomic E-state index is 12.2. The Bertz CT molecular complexity index is 1100. The number of aliphatic hydroxyl groups is 1. The number of nitrogens with zero attached hydrogens (tertiary/aromatic N) is 2. The van der Waals surface area contributed by atoms with Crippen molar-refractivity contribution in [2.45, 2.75) is 12.5 Å². The van der Waals surface area contributed by atoms with E-state index in [2.05, 4.69) is 30.9 Å². The fourth-order valence-electron chi connectivity index (χ4n) is 2.40. The SMILES string of the molecule is Cn1c(=O)[nH]c(=O)c2nc(C[C@H](O)c3ccccc3Br)c(=O)[nH]c21. The maximum Gasteiger partial charge on any atom is 0.329 e. The van der Waals surface area contributed by atoms with E-state index >= 15 is 0 Å². The topological polar surface area (TPSA) is 121 Å². The molecular weight excluding hydrogens is 380 g/mol. The number of aromatic amines is 2. The number of nitrogens with one attached hydrogen (secondary N) is 2. The Morgan fingerprint density at radius 3 is 2.62 bits per heavy atom. The zero-order chi connectivity index (χ0) is 17.4. The van der Waals surface area contributed by atoms with Crippen molar-refractivity contribution in [2.24, 2.45) is 7.05 Å². The molecule has 0 unspecified atom stereocenters. The van der Waals surface area contributed by atoms with Crippen LogP contribution in [-0.4, -0.2) is 24.6 Å². The monoisotopic (exact) mass is 392 g/mol. The van der Waals surface area contributed by atoms with Crippen molar-refractivity contribution in [2.75, 3.05) is 0 Å². The Balaban J connectivity index is 2.10. The van der Waals surface area contributed by atoms with Crippen molar-refractivity contribution in [3.63, 3.8) is 0 Å². The third-order valence-corrected chi connectivity index (χ3v) is 4.41. The Morgan fingerprint density at radius 1 is 1.21 bits per heavy atom. The molecular formula is C15H13BrN4O4. The van der Waals surface area contributed by atoms with Crippen LogP contribution in [0.1, 0.15) is 17.4 Å². The summed E-state index contributed by atoms with van der Waals surface area (Å²) in [6.45, 7) is 0. The van der Waals surface area contributed by atoms with Crippen LogP contribution in [0.15, 0.2) is 43.1 Å². The Kier molecular flexibility index (Phi) is 4.20. The van der Waals surface area contributed by atoms with Gasteiger partial charge >= 0.3 is 5.69 Å². The maximum atomic E-state index is 12.2. The van der Waals surface area contributed by atoms with Gasteiger partial charge in [-0.15, -0.1) is 0 Å². The first-order valence-corrected chi connectivity index (χ1v) is 7.82. The van der Waals surface area contributed by atoms with Crippen molar-refractivity contribution in [3.8, 4) is 0 Å². The fourth-order valence-corrected chi connectivity index (χ4v) is 2.95. The standard InChI is InChI=1S/C15H13BrN4O4/c1-20-12-11(14(23)19-15(20)24)17-9(13(22)18-12)6-10(21)7-4-2-3-5-8(7)16/h2-5,10,21H,6H2,1H3,(H,18,22)(H,19,23,24)/t10-/m0/s1. The molecule has 0 aliphatic rings. The van der Waals surface area contributed by atoms with E-state index in [1.807, 2.05) is 0 Å². The van der Waals surface area contributed by atoms with Gasteiger partial charge in [0.15, 0.2) is 5.52 Å². The third kappa shape index (κ3) is 2.83. The van der Waals surface area contributed by atoms with E-state index in [4.69, 9.17) is 0 Å². The van der Waals surface area contributed by atoms with Crippen molar-refractivity contribution < 1.29 is 5.11 Å². The van der Waals surface area contributed by atoms with Crippen molar-refractivity contribution in [1.29, 1.82) is 0 Å². The highest BCUT2D eigenvalue weighted by atomic mass is 79.9. The lowest BCUT2D eigenvalue weighted by molar-refractivity contribution is 0.176. The van der Waals surface area contributed by atoms with Gasteiger partial charge in [0.1, 0.15) is 11.3 Å². The van der Waals surface area contributed by atoms with Gasteiger partial charge in [-0.2, -0.15) is 0 Å². The van der Waals surface area contributed by atoms with Crippen LogP contribution in [0.5, 0.6) is 0 Å². The van der Waals surface area contributed by atoms with E-state index < -0.39 is 22.9 Å². The first kappa shape index (κ1) is 16.3. The minimum absolute atomic E-state index is 0.00917. The molecule has 0 fully saturated rings. The first-order valence-electron chi connectivity index (χ1n) is 7.03. The highest BCUT2D eigenvalue weighted by Crippen LogP contribution is 2.24. The molecule has 124 valence electrons. The smallest absolute Gasteiger partial charge is 0.329 e. The van der Waals surface area contributed by atoms with Gasteiger partial charge in [-0.3, -0.25) is 19.1 Å². The van der Waals surface area contributed by atoms with E-state index in [1.54, 1.807) is 24.3 Å². The normalized spacial score (nSPS) is 12.5. The first-order chi connectivity index (χ1) is 11.4. The number of aliphatic hydroxyl groups excluding tert-OH is 1. The molecule has 0 saturated heterocycles. The van der Waals surface area contributed by atoms with Crippen LogP contribution >= 0.6 is 15.9 Å². The summed E-state index contributed by atoms with van der Waals surface area (Å²) < 4.78 is 1.80. The summed E-state index contributed by atoms with van der Waals surface area (Å²) in [6.07, 6.45) is -1.05. The molecule has 9 heteroatoms. The molecule has 3 aromatic rings. The molecule has 0 radical (unpaired) electrons. The summed E-state index contributed by atoms with van der Waals surface area (Å²) in [5.41, 5.74) is -1.32. The fraction of sp³-hybridized carbons (Fsp3) is 0.200. The molecule has 3 rings (SSSR count). The summed E-state index contributed by atoms with van der Waals surface area (Å²) in [5.74, 6) is 0. The van der Waals surface area contributed by atoms with E-state index in [9.17, 15) is 19.5 Å². The molecule has 2 aromatic heterocycles. The van der Waals surface area contributed by atoms with Crippen LogP contribution in [0.2, 0.25) is 0 Å².